The molecule has 4 aliphatic carbocycles. The molecule has 0 aromatic rings. The van der Waals surface area contributed by atoms with Gasteiger partial charge in [-0.15, -0.1) is 0 Å². The van der Waals surface area contributed by atoms with E-state index >= 15 is 0 Å². The molecule has 1 spiro atoms. The fraction of sp³-hybridized carbons (Fsp3) is 0.870. The topological polar surface area (TPSA) is 78.9 Å². The van der Waals surface area contributed by atoms with Gasteiger partial charge in [-0.05, 0) is 61.2 Å². The summed E-state index contributed by atoms with van der Waals surface area (Å²) < 4.78 is 17.6. The zero-order valence-corrected chi connectivity index (χ0v) is 17.7. The Labute approximate surface area is 172 Å². The number of hydrogen-bond acceptors (Lipinski definition) is 6. The Kier molecular flexibility index (Phi) is 4.23. The van der Waals surface area contributed by atoms with Gasteiger partial charge in [0.05, 0.1) is 6.61 Å². The van der Waals surface area contributed by atoms with Crippen LogP contribution in [0.1, 0.15) is 72.1 Å². The molecule has 0 radical (unpaired) electrons. The number of ketones is 1. The van der Waals surface area contributed by atoms with Gasteiger partial charge in [0, 0.05) is 38.5 Å². The summed E-state index contributed by atoms with van der Waals surface area (Å²) in [6, 6.07) is 0. The average Bonchev–Trinajstić information content (AvgIpc) is 3.10. The number of Topliss-reactive ketones (excluding diaryl/α,β-unsaturated/α-hetero) is 1. The Bertz CT molecular complexity index is 762. The van der Waals surface area contributed by atoms with E-state index in [0.29, 0.717) is 48.9 Å². The quantitative estimate of drug-likeness (QED) is 0.656. The number of ether oxygens (including phenoxy) is 3. The molecule has 1 saturated heterocycles. The molecule has 0 aromatic carbocycles. The fourth-order valence-corrected chi connectivity index (χ4v) is 8.19. The molecular formula is C23H32O6. The SMILES string of the molecule is CC(=O)O[C@H]1CC2CCC3C4CC(=O)C[C@@]4(C)CCC3[C@]23CO[C@]1(OC(C)=O)C3. The van der Waals surface area contributed by atoms with Crippen LogP contribution in [-0.2, 0) is 28.6 Å². The van der Waals surface area contributed by atoms with Crippen LogP contribution in [0.4, 0.5) is 0 Å². The second-order valence-electron chi connectivity index (χ2n) is 10.7. The van der Waals surface area contributed by atoms with Gasteiger partial charge in [-0.1, -0.05) is 6.92 Å². The van der Waals surface area contributed by atoms with E-state index in [0.717, 1.165) is 38.5 Å². The average molecular weight is 405 g/mol. The van der Waals surface area contributed by atoms with Crippen molar-refractivity contribution < 1.29 is 28.6 Å². The summed E-state index contributed by atoms with van der Waals surface area (Å²) in [5.41, 5.74) is 0.116. The number of hydrogen-bond donors (Lipinski definition) is 0. The molecule has 6 nitrogen and oxygen atoms in total. The smallest absolute Gasteiger partial charge is 0.305 e. The molecule has 5 fully saturated rings. The van der Waals surface area contributed by atoms with Gasteiger partial charge in [0.1, 0.15) is 5.78 Å². The molecule has 1 heterocycles. The second-order valence-corrected chi connectivity index (χ2v) is 10.7. The third-order valence-corrected chi connectivity index (χ3v) is 9.18. The van der Waals surface area contributed by atoms with Crippen molar-refractivity contribution in [1.82, 2.24) is 0 Å². The lowest BCUT2D eigenvalue weighted by atomic mass is 9.45. The van der Waals surface area contributed by atoms with Gasteiger partial charge in [0.25, 0.3) is 5.79 Å². The molecule has 0 amide bonds. The molecule has 4 saturated carbocycles. The lowest BCUT2D eigenvalue weighted by molar-refractivity contribution is -0.264. The normalized spacial score (nSPS) is 50.3. The Morgan fingerprint density at radius 2 is 1.90 bits per heavy atom. The minimum absolute atomic E-state index is 0.0397. The van der Waals surface area contributed by atoms with E-state index in [1.165, 1.54) is 13.8 Å². The van der Waals surface area contributed by atoms with Crippen molar-refractivity contribution in [1.29, 1.82) is 0 Å². The lowest BCUT2D eigenvalue weighted by Gasteiger charge is -2.59. The first-order valence-corrected chi connectivity index (χ1v) is 11.2. The van der Waals surface area contributed by atoms with Crippen LogP contribution in [0.15, 0.2) is 0 Å². The predicted molar refractivity (Wildman–Crippen MR) is 102 cm³/mol. The summed E-state index contributed by atoms with van der Waals surface area (Å²) in [5, 5.41) is 0. The van der Waals surface area contributed by atoms with Gasteiger partial charge in [-0.25, -0.2) is 0 Å². The third-order valence-electron chi connectivity index (χ3n) is 9.18. The molecule has 4 unspecified atom stereocenters. The van der Waals surface area contributed by atoms with Crippen molar-refractivity contribution in [2.24, 2.45) is 34.5 Å². The fourth-order valence-electron chi connectivity index (χ4n) is 8.19. The van der Waals surface area contributed by atoms with Gasteiger partial charge >= 0.3 is 11.9 Å². The Balaban J connectivity index is 1.48. The van der Waals surface area contributed by atoms with E-state index < -0.39 is 17.9 Å². The molecule has 6 heteroatoms. The minimum atomic E-state index is -1.15. The highest BCUT2D eigenvalue weighted by molar-refractivity contribution is 5.82. The second kappa shape index (κ2) is 6.29. The maximum absolute atomic E-state index is 12.3. The molecule has 2 bridgehead atoms. The standard InChI is InChI=1S/C23H32O6/c1-13(24)28-20-8-15-4-5-17-18(6-7-21(3)10-16(26)9-19(17)21)22(15)11-23(20,27-12-22)29-14(2)25/h15,17-20H,4-12H2,1-3H3/t15?,17?,18?,19?,20-,21+,22+,23-/m0/s1. The molecule has 1 aliphatic heterocycles. The summed E-state index contributed by atoms with van der Waals surface area (Å²) in [6.45, 7) is 5.66. The molecule has 0 aromatic heterocycles. The third kappa shape index (κ3) is 2.74. The first kappa shape index (κ1) is 19.5. The van der Waals surface area contributed by atoms with E-state index in [1.54, 1.807) is 0 Å². The molecule has 8 atom stereocenters. The first-order chi connectivity index (χ1) is 13.7. The summed E-state index contributed by atoms with van der Waals surface area (Å²) in [6.07, 6.45) is 6.63. The molecule has 0 N–H and O–H groups in total. The Morgan fingerprint density at radius 3 is 2.62 bits per heavy atom. The summed E-state index contributed by atoms with van der Waals surface area (Å²) >= 11 is 0. The van der Waals surface area contributed by atoms with Crippen LogP contribution in [0.25, 0.3) is 0 Å². The lowest BCUT2D eigenvalue weighted by Crippen LogP contribution is -2.59. The van der Waals surface area contributed by atoms with E-state index in [-0.39, 0.29) is 16.8 Å². The molecule has 29 heavy (non-hydrogen) atoms. The van der Waals surface area contributed by atoms with Crippen LogP contribution in [-0.4, -0.2) is 36.2 Å². The van der Waals surface area contributed by atoms with Crippen molar-refractivity contribution in [3.05, 3.63) is 0 Å². The molecule has 5 aliphatic rings. The van der Waals surface area contributed by atoms with Crippen LogP contribution in [0.2, 0.25) is 0 Å². The minimum Gasteiger partial charge on any atom is -0.456 e. The van der Waals surface area contributed by atoms with Crippen molar-refractivity contribution in [3.63, 3.8) is 0 Å². The summed E-state index contributed by atoms with van der Waals surface area (Å²) in [4.78, 5) is 36.0. The van der Waals surface area contributed by atoms with Crippen LogP contribution in [0, 0.1) is 34.5 Å². The molecule has 5 rings (SSSR count). The highest BCUT2D eigenvalue weighted by Crippen LogP contribution is 2.69. The Hall–Kier alpha value is -1.43. The van der Waals surface area contributed by atoms with Gasteiger partial charge in [0.2, 0.25) is 0 Å². The predicted octanol–water partition coefficient (Wildman–Crippen LogP) is 3.41. The van der Waals surface area contributed by atoms with Crippen LogP contribution < -0.4 is 0 Å². The van der Waals surface area contributed by atoms with Gasteiger partial charge in [-0.3, -0.25) is 14.4 Å². The number of carbonyl (C=O) groups is 3. The zero-order chi connectivity index (χ0) is 20.6. The number of fused-ring (bicyclic) bond motifs is 4. The van der Waals surface area contributed by atoms with Gasteiger partial charge < -0.3 is 14.2 Å². The number of carbonyl (C=O) groups excluding carboxylic acids is 3. The highest BCUT2D eigenvalue weighted by Gasteiger charge is 2.70. The van der Waals surface area contributed by atoms with E-state index in [2.05, 4.69) is 6.92 Å². The van der Waals surface area contributed by atoms with Gasteiger partial charge in [0.15, 0.2) is 6.10 Å². The maximum Gasteiger partial charge on any atom is 0.305 e. The maximum atomic E-state index is 12.3. The van der Waals surface area contributed by atoms with Gasteiger partial charge in [-0.2, -0.15) is 0 Å². The van der Waals surface area contributed by atoms with Crippen LogP contribution in [0.3, 0.4) is 0 Å². The van der Waals surface area contributed by atoms with Crippen LogP contribution in [0.5, 0.6) is 0 Å². The highest BCUT2D eigenvalue weighted by atomic mass is 16.7. The van der Waals surface area contributed by atoms with Crippen LogP contribution >= 0.6 is 0 Å². The van der Waals surface area contributed by atoms with E-state index in [9.17, 15) is 14.4 Å². The summed E-state index contributed by atoms with van der Waals surface area (Å²) in [5.74, 6) is 0.411. The zero-order valence-electron chi connectivity index (χ0n) is 17.7. The first-order valence-electron chi connectivity index (χ1n) is 11.2. The number of rotatable bonds is 2. The van der Waals surface area contributed by atoms with Crippen molar-refractivity contribution in [2.45, 2.75) is 84.0 Å². The van der Waals surface area contributed by atoms with E-state index in [1.807, 2.05) is 0 Å². The number of esters is 2. The molecule has 160 valence electrons. The van der Waals surface area contributed by atoms with Crippen molar-refractivity contribution in [3.8, 4) is 0 Å². The molecular weight excluding hydrogens is 372 g/mol. The Morgan fingerprint density at radius 1 is 1.10 bits per heavy atom. The van der Waals surface area contributed by atoms with E-state index in [4.69, 9.17) is 14.2 Å². The van der Waals surface area contributed by atoms with Crippen molar-refractivity contribution in [2.75, 3.05) is 6.61 Å². The largest absolute Gasteiger partial charge is 0.456 e. The van der Waals surface area contributed by atoms with Crippen molar-refractivity contribution >= 4 is 17.7 Å². The summed E-state index contributed by atoms with van der Waals surface area (Å²) in [7, 11) is 0. The monoisotopic (exact) mass is 404 g/mol.